The number of nitrogens with zero attached hydrogens (tertiary/aromatic N) is 3. The molecule has 2 heterocycles. The van der Waals surface area contributed by atoms with Crippen LogP contribution in [-0.2, 0) is 16.6 Å². The van der Waals surface area contributed by atoms with Gasteiger partial charge in [-0.3, -0.25) is 9.69 Å². The van der Waals surface area contributed by atoms with E-state index >= 15 is 0 Å². The first-order valence-electron chi connectivity index (χ1n) is 7.07. The average Bonchev–Trinajstić information content (AvgIpc) is 2.84. The third-order valence-corrected chi connectivity index (χ3v) is 4.15. The molecule has 1 N–H and O–H groups in total. The van der Waals surface area contributed by atoms with Crippen molar-refractivity contribution < 1.29 is 14.6 Å². The number of aliphatic carboxylic acids is 1. The third-order valence-electron chi connectivity index (χ3n) is 4.15. The van der Waals surface area contributed by atoms with Gasteiger partial charge in [-0.2, -0.15) is 0 Å². The summed E-state index contributed by atoms with van der Waals surface area (Å²) in [6.45, 7) is 3.38. The highest BCUT2D eigenvalue weighted by molar-refractivity contribution is 5.76. The number of hydrogen-bond donors (Lipinski definition) is 1. The summed E-state index contributed by atoms with van der Waals surface area (Å²) in [5.74, 6) is 0.0321. The van der Waals surface area contributed by atoms with Crippen molar-refractivity contribution in [1.29, 1.82) is 0 Å². The van der Waals surface area contributed by atoms with Crippen molar-refractivity contribution in [3.63, 3.8) is 0 Å². The molecule has 6 heteroatoms. The smallest absolute Gasteiger partial charge is 0.323 e. The van der Waals surface area contributed by atoms with Crippen LogP contribution in [0.4, 0.5) is 0 Å². The van der Waals surface area contributed by atoms with Crippen LogP contribution < -0.4 is 0 Å². The van der Waals surface area contributed by atoms with Crippen LogP contribution >= 0.6 is 0 Å². The quantitative estimate of drug-likeness (QED) is 0.925. The molecule has 2 aromatic rings. The molecule has 0 spiro atoms. The highest BCUT2D eigenvalue weighted by Crippen LogP contribution is 2.26. The van der Waals surface area contributed by atoms with Crippen LogP contribution in [0.2, 0.25) is 0 Å². The summed E-state index contributed by atoms with van der Waals surface area (Å²) in [5, 5.41) is 9.36. The summed E-state index contributed by atoms with van der Waals surface area (Å²) in [7, 11) is 1.97. The Bertz CT molecular complexity index is 667. The van der Waals surface area contributed by atoms with Crippen molar-refractivity contribution in [2.24, 2.45) is 7.05 Å². The number of benzene rings is 1. The fourth-order valence-corrected chi connectivity index (χ4v) is 2.98. The topological polar surface area (TPSA) is 67.6 Å². The number of carboxylic acids is 1. The van der Waals surface area contributed by atoms with E-state index in [9.17, 15) is 9.90 Å². The van der Waals surface area contributed by atoms with Crippen molar-refractivity contribution in [1.82, 2.24) is 14.5 Å². The van der Waals surface area contributed by atoms with E-state index in [1.54, 1.807) is 0 Å². The SMILES string of the molecule is CC(c1nc2ccccc2n1C)N1CCOCC1C(=O)O. The minimum Gasteiger partial charge on any atom is -0.480 e. The molecule has 2 atom stereocenters. The van der Waals surface area contributed by atoms with Gasteiger partial charge in [-0.15, -0.1) is 0 Å². The van der Waals surface area contributed by atoms with Crippen LogP contribution in [0.3, 0.4) is 0 Å². The van der Waals surface area contributed by atoms with Gasteiger partial charge in [0.25, 0.3) is 0 Å². The number of para-hydroxylation sites is 2. The predicted molar refractivity (Wildman–Crippen MR) is 78.1 cm³/mol. The second kappa shape index (κ2) is 5.46. The van der Waals surface area contributed by atoms with Crippen LogP contribution in [0, 0.1) is 0 Å². The molecule has 1 aliphatic rings. The van der Waals surface area contributed by atoms with Gasteiger partial charge in [0.05, 0.1) is 30.3 Å². The van der Waals surface area contributed by atoms with E-state index in [1.165, 1.54) is 0 Å². The van der Waals surface area contributed by atoms with E-state index in [0.29, 0.717) is 13.2 Å². The summed E-state index contributed by atoms with van der Waals surface area (Å²) in [6.07, 6.45) is 0. The molecule has 0 aliphatic carbocycles. The van der Waals surface area contributed by atoms with E-state index in [2.05, 4.69) is 4.98 Å². The molecule has 1 aromatic heterocycles. The number of hydrogen-bond acceptors (Lipinski definition) is 4. The highest BCUT2D eigenvalue weighted by Gasteiger charge is 2.34. The van der Waals surface area contributed by atoms with Crippen molar-refractivity contribution in [3.8, 4) is 0 Å². The number of aryl methyl sites for hydroxylation is 1. The molecule has 112 valence electrons. The Morgan fingerprint density at radius 3 is 2.95 bits per heavy atom. The van der Waals surface area contributed by atoms with Crippen molar-refractivity contribution in [2.45, 2.75) is 19.0 Å². The Morgan fingerprint density at radius 1 is 1.48 bits per heavy atom. The molecule has 0 saturated carbocycles. The molecule has 1 fully saturated rings. The van der Waals surface area contributed by atoms with Gasteiger partial charge in [-0.05, 0) is 19.1 Å². The lowest BCUT2D eigenvalue weighted by Gasteiger charge is -2.36. The zero-order chi connectivity index (χ0) is 15.0. The molecule has 6 nitrogen and oxygen atoms in total. The van der Waals surface area contributed by atoms with Gasteiger partial charge >= 0.3 is 5.97 Å². The molecule has 2 unspecified atom stereocenters. The van der Waals surface area contributed by atoms with Crippen molar-refractivity contribution in [2.75, 3.05) is 19.8 Å². The van der Waals surface area contributed by atoms with Gasteiger partial charge in [-0.1, -0.05) is 12.1 Å². The number of carbonyl (C=O) groups is 1. The summed E-state index contributed by atoms with van der Waals surface area (Å²) >= 11 is 0. The zero-order valence-corrected chi connectivity index (χ0v) is 12.2. The summed E-state index contributed by atoms with van der Waals surface area (Å²) in [5.41, 5.74) is 1.99. The zero-order valence-electron chi connectivity index (χ0n) is 12.2. The maximum absolute atomic E-state index is 11.4. The molecule has 21 heavy (non-hydrogen) atoms. The molecule has 1 saturated heterocycles. The lowest BCUT2D eigenvalue weighted by molar-refractivity contribution is -0.151. The van der Waals surface area contributed by atoms with E-state index < -0.39 is 12.0 Å². The molecule has 0 bridgehead atoms. The lowest BCUT2D eigenvalue weighted by atomic mass is 10.1. The number of carboxylic acid groups (broad SMARTS) is 1. The summed E-state index contributed by atoms with van der Waals surface area (Å²) in [6, 6.07) is 7.23. The minimum atomic E-state index is -0.847. The van der Waals surface area contributed by atoms with Crippen LogP contribution in [0.1, 0.15) is 18.8 Å². The lowest BCUT2D eigenvalue weighted by Crippen LogP contribution is -2.51. The first-order chi connectivity index (χ1) is 10.1. The Kier molecular flexibility index (Phi) is 3.65. The first-order valence-corrected chi connectivity index (χ1v) is 7.07. The number of imidazole rings is 1. The average molecular weight is 289 g/mol. The number of rotatable bonds is 3. The van der Waals surface area contributed by atoms with E-state index in [1.807, 2.05) is 47.7 Å². The maximum Gasteiger partial charge on any atom is 0.323 e. The van der Waals surface area contributed by atoms with Gasteiger partial charge in [0.2, 0.25) is 0 Å². The number of fused-ring (bicyclic) bond motifs is 1. The normalized spacial score (nSPS) is 21.5. The van der Waals surface area contributed by atoms with Gasteiger partial charge in [0, 0.05) is 13.6 Å². The second-order valence-electron chi connectivity index (χ2n) is 5.36. The maximum atomic E-state index is 11.4. The molecule has 0 radical (unpaired) electrons. The standard InChI is InChI=1S/C15H19N3O3/c1-10(18-7-8-21-9-13(18)15(19)20)14-16-11-5-3-4-6-12(11)17(14)2/h3-6,10,13H,7-9H2,1-2H3,(H,19,20). The molecule has 0 amide bonds. The number of morpholine rings is 1. The van der Waals surface area contributed by atoms with Crippen molar-refractivity contribution in [3.05, 3.63) is 30.1 Å². The summed E-state index contributed by atoms with van der Waals surface area (Å²) < 4.78 is 7.34. The number of ether oxygens (including phenoxy) is 1. The van der Waals surface area contributed by atoms with Crippen molar-refractivity contribution >= 4 is 17.0 Å². The molecule has 1 aromatic carbocycles. The second-order valence-corrected chi connectivity index (χ2v) is 5.36. The minimum absolute atomic E-state index is 0.0765. The molecular weight excluding hydrogens is 270 g/mol. The third kappa shape index (κ3) is 2.41. The highest BCUT2D eigenvalue weighted by atomic mass is 16.5. The monoisotopic (exact) mass is 289 g/mol. The van der Waals surface area contributed by atoms with Gasteiger partial charge in [-0.25, -0.2) is 4.98 Å². The Balaban J connectivity index is 1.97. The van der Waals surface area contributed by atoms with E-state index in [-0.39, 0.29) is 12.6 Å². The van der Waals surface area contributed by atoms with Gasteiger partial charge < -0.3 is 14.4 Å². The first kappa shape index (κ1) is 14.0. The van der Waals surface area contributed by atoms with Crippen LogP contribution in [0.15, 0.2) is 24.3 Å². The fraction of sp³-hybridized carbons (Fsp3) is 0.467. The van der Waals surface area contributed by atoms with Gasteiger partial charge in [0.15, 0.2) is 0 Å². The van der Waals surface area contributed by atoms with E-state index in [0.717, 1.165) is 16.9 Å². The van der Waals surface area contributed by atoms with Crippen LogP contribution in [0.5, 0.6) is 0 Å². The van der Waals surface area contributed by atoms with E-state index in [4.69, 9.17) is 4.74 Å². The Hall–Kier alpha value is -1.92. The molecule has 3 rings (SSSR count). The largest absolute Gasteiger partial charge is 0.480 e. The Labute approximate surface area is 122 Å². The summed E-state index contributed by atoms with van der Waals surface area (Å²) in [4.78, 5) is 18.0. The Morgan fingerprint density at radius 2 is 2.24 bits per heavy atom. The predicted octanol–water partition coefficient (Wildman–Crippen LogP) is 1.42. The fourth-order valence-electron chi connectivity index (χ4n) is 2.98. The molecular formula is C15H19N3O3. The van der Waals surface area contributed by atoms with Crippen LogP contribution in [0.25, 0.3) is 11.0 Å². The number of aromatic nitrogens is 2. The molecule has 1 aliphatic heterocycles. The van der Waals surface area contributed by atoms with Crippen LogP contribution in [-0.4, -0.2) is 51.3 Å². The van der Waals surface area contributed by atoms with Gasteiger partial charge in [0.1, 0.15) is 11.9 Å².